The number of anilines is 6. The fourth-order valence-corrected chi connectivity index (χ4v) is 10.3. The summed E-state index contributed by atoms with van der Waals surface area (Å²) in [6, 6.07) is 88.7. The van der Waals surface area contributed by atoms with Gasteiger partial charge in [0, 0.05) is 33.8 Å². The van der Waals surface area contributed by atoms with Gasteiger partial charge in [0.25, 0.3) is 0 Å². The van der Waals surface area contributed by atoms with E-state index in [4.69, 9.17) is 0 Å². The van der Waals surface area contributed by atoms with Gasteiger partial charge in [0.05, 0.1) is 11.1 Å². The van der Waals surface area contributed by atoms with Crippen molar-refractivity contribution >= 4 is 44.9 Å². The van der Waals surface area contributed by atoms with Gasteiger partial charge in [0.1, 0.15) is 0 Å². The lowest BCUT2D eigenvalue weighted by atomic mass is 9.70. The van der Waals surface area contributed by atoms with Gasteiger partial charge in [0.15, 0.2) is 0 Å². The van der Waals surface area contributed by atoms with Gasteiger partial charge < -0.3 is 9.80 Å². The molecule has 0 amide bonds. The van der Waals surface area contributed by atoms with Gasteiger partial charge in [-0.25, -0.2) is 0 Å². The van der Waals surface area contributed by atoms with E-state index in [0.717, 1.165) is 34.1 Å². The minimum absolute atomic E-state index is 0.452. The highest BCUT2D eigenvalue weighted by atomic mass is 15.1. The van der Waals surface area contributed by atoms with Crippen LogP contribution < -0.4 is 9.80 Å². The second-order valence-corrected chi connectivity index (χ2v) is 16.0. The van der Waals surface area contributed by atoms with Crippen LogP contribution in [0.4, 0.5) is 34.1 Å². The van der Waals surface area contributed by atoms with E-state index in [2.05, 4.69) is 252 Å². The average Bonchev–Trinajstić information content (AvgIpc) is 3.81. The van der Waals surface area contributed by atoms with E-state index in [0.29, 0.717) is 0 Å². The van der Waals surface area contributed by atoms with Crippen molar-refractivity contribution in [3.05, 3.63) is 265 Å². The maximum Gasteiger partial charge on any atom is 0.0726 e. The summed E-state index contributed by atoms with van der Waals surface area (Å²) in [5.41, 5.74) is 19.3. The molecule has 0 saturated carbocycles. The molecule has 0 atom stereocenters. The average molecular weight is 777 g/mol. The van der Waals surface area contributed by atoms with Gasteiger partial charge in [-0.15, -0.1) is 0 Å². The smallest absolute Gasteiger partial charge is 0.0726 e. The Kier molecular flexibility index (Phi) is 8.11. The van der Waals surface area contributed by atoms with E-state index >= 15 is 0 Å². The third-order valence-electron chi connectivity index (χ3n) is 12.8. The topological polar surface area (TPSA) is 6.48 Å². The van der Waals surface area contributed by atoms with Crippen molar-refractivity contribution < 1.29 is 0 Å². The minimum Gasteiger partial charge on any atom is -0.311 e. The Balaban J connectivity index is 1.01. The number of rotatable bonds is 7. The van der Waals surface area contributed by atoms with Crippen LogP contribution in [0.15, 0.2) is 243 Å². The van der Waals surface area contributed by atoms with Crippen molar-refractivity contribution in [1.29, 1.82) is 0 Å². The summed E-state index contributed by atoms with van der Waals surface area (Å²) in [5, 5.41) is 2.48. The first-order valence-electron chi connectivity index (χ1n) is 21.1. The number of hydrogen-bond acceptors (Lipinski definition) is 2. The Bertz CT molecular complexity index is 3140. The highest BCUT2D eigenvalue weighted by molar-refractivity contribution is 6.12. The standard InChI is InChI=1S/C59H40N2/c1-4-18-43(19-5-1)60(44-20-6-2-7-21-44)46-36-32-41(33-37-46)42-34-38-47(39-35-42)61(45-22-8-3-9-23-45)57-40-56-58(51-27-11-10-26-50(51)57)52-28-14-17-31-55(52)59(56)53-29-15-12-24-48(53)49-25-13-16-30-54(49)59/h1-40H. The fraction of sp³-hybridized carbons (Fsp3) is 0.0169. The Morgan fingerprint density at radius 3 is 1.13 bits per heavy atom. The Hall–Kier alpha value is -7.94. The highest BCUT2D eigenvalue weighted by Gasteiger charge is 2.52. The molecule has 10 aromatic rings. The molecule has 0 radical (unpaired) electrons. The molecule has 12 rings (SSSR count). The van der Waals surface area contributed by atoms with Crippen molar-refractivity contribution in [3.63, 3.8) is 0 Å². The normalized spacial score (nSPS) is 12.7. The lowest BCUT2D eigenvalue weighted by Gasteiger charge is -2.33. The molecule has 0 fully saturated rings. The quantitative estimate of drug-likeness (QED) is 0.159. The lowest BCUT2D eigenvalue weighted by molar-refractivity contribution is 0.794. The summed E-state index contributed by atoms with van der Waals surface area (Å²) >= 11 is 0. The second-order valence-electron chi connectivity index (χ2n) is 16.0. The van der Waals surface area contributed by atoms with Crippen LogP contribution in [0.2, 0.25) is 0 Å². The van der Waals surface area contributed by atoms with E-state index in [1.807, 2.05) is 0 Å². The predicted octanol–water partition coefficient (Wildman–Crippen LogP) is 15.8. The zero-order valence-corrected chi connectivity index (χ0v) is 33.5. The summed E-state index contributed by atoms with van der Waals surface area (Å²) in [4.78, 5) is 4.76. The molecule has 0 saturated heterocycles. The molecule has 61 heavy (non-hydrogen) atoms. The van der Waals surface area contributed by atoms with Gasteiger partial charge in [-0.05, 0) is 128 Å². The molecule has 0 bridgehead atoms. The van der Waals surface area contributed by atoms with Crippen LogP contribution in [0.25, 0.3) is 44.2 Å². The summed E-state index contributed by atoms with van der Waals surface area (Å²) in [5.74, 6) is 0. The Morgan fingerprint density at radius 1 is 0.262 bits per heavy atom. The number of hydrogen-bond donors (Lipinski definition) is 0. The van der Waals surface area contributed by atoms with Crippen LogP contribution in [-0.4, -0.2) is 0 Å². The Labute approximate surface area is 356 Å². The van der Waals surface area contributed by atoms with Crippen LogP contribution in [0.1, 0.15) is 22.3 Å². The van der Waals surface area contributed by atoms with Gasteiger partial charge in [-0.1, -0.05) is 176 Å². The van der Waals surface area contributed by atoms with Crippen LogP contribution in [0.3, 0.4) is 0 Å². The molecule has 0 aromatic heterocycles. The third-order valence-corrected chi connectivity index (χ3v) is 12.8. The highest BCUT2D eigenvalue weighted by Crippen LogP contribution is 2.64. The van der Waals surface area contributed by atoms with Crippen molar-refractivity contribution in [3.8, 4) is 33.4 Å². The molecule has 2 aliphatic carbocycles. The third kappa shape index (κ3) is 5.36. The summed E-state index contributed by atoms with van der Waals surface area (Å²) < 4.78 is 0. The van der Waals surface area contributed by atoms with Crippen LogP contribution in [-0.2, 0) is 5.41 Å². The van der Waals surface area contributed by atoms with Crippen molar-refractivity contribution in [2.45, 2.75) is 5.41 Å². The Morgan fingerprint density at radius 2 is 0.623 bits per heavy atom. The van der Waals surface area contributed by atoms with Gasteiger partial charge in [-0.3, -0.25) is 0 Å². The molecular weight excluding hydrogens is 737 g/mol. The van der Waals surface area contributed by atoms with E-state index < -0.39 is 5.41 Å². The summed E-state index contributed by atoms with van der Waals surface area (Å²) in [6.07, 6.45) is 0. The van der Waals surface area contributed by atoms with E-state index in [-0.39, 0.29) is 0 Å². The second kappa shape index (κ2) is 14.1. The summed E-state index contributed by atoms with van der Waals surface area (Å²) in [7, 11) is 0. The molecule has 286 valence electrons. The number of nitrogens with zero attached hydrogens (tertiary/aromatic N) is 2. The fourth-order valence-electron chi connectivity index (χ4n) is 10.3. The molecule has 2 nitrogen and oxygen atoms in total. The minimum atomic E-state index is -0.452. The number of benzene rings is 10. The first kappa shape index (κ1) is 35.0. The molecule has 2 aliphatic rings. The van der Waals surface area contributed by atoms with Crippen LogP contribution in [0.5, 0.6) is 0 Å². The first-order valence-corrected chi connectivity index (χ1v) is 21.1. The van der Waals surface area contributed by atoms with E-state index in [1.165, 1.54) is 66.4 Å². The monoisotopic (exact) mass is 776 g/mol. The van der Waals surface area contributed by atoms with E-state index in [9.17, 15) is 0 Å². The molecule has 1 spiro atoms. The lowest BCUT2D eigenvalue weighted by Crippen LogP contribution is -2.26. The molecule has 0 heterocycles. The van der Waals surface area contributed by atoms with Gasteiger partial charge in [-0.2, -0.15) is 0 Å². The van der Waals surface area contributed by atoms with Crippen molar-refractivity contribution in [2.24, 2.45) is 0 Å². The van der Waals surface area contributed by atoms with E-state index in [1.54, 1.807) is 0 Å². The first-order chi connectivity index (χ1) is 30.3. The molecular formula is C59H40N2. The number of fused-ring (bicyclic) bond motifs is 12. The maximum atomic E-state index is 2.52. The molecule has 0 aliphatic heterocycles. The largest absolute Gasteiger partial charge is 0.311 e. The zero-order chi connectivity index (χ0) is 40.3. The number of para-hydroxylation sites is 3. The molecule has 10 aromatic carbocycles. The van der Waals surface area contributed by atoms with Crippen molar-refractivity contribution in [2.75, 3.05) is 9.80 Å². The molecule has 2 heteroatoms. The van der Waals surface area contributed by atoms with Crippen LogP contribution >= 0.6 is 0 Å². The van der Waals surface area contributed by atoms with Crippen molar-refractivity contribution in [1.82, 2.24) is 0 Å². The van der Waals surface area contributed by atoms with Gasteiger partial charge >= 0.3 is 0 Å². The van der Waals surface area contributed by atoms with Gasteiger partial charge in [0.2, 0.25) is 0 Å². The van der Waals surface area contributed by atoms with Crippen LogP contribution in [0, 0.1) is 0 Å². The molecule has 0 N–H and O–H groups in total. The molecule has 0 unspecified atom stereocenters. The predicted molar refractivity (Wildman–Crippen MR) is 255 cm³/mol. The maximum absolute atomic E-state index is 2.52. The SMILES string of the molecule is c1ccc(N(c2ccccc2)c2ccc(-c3ccc(N(c4ccccc4)c4cc5c(c6ccccc46)-c4ccccc4C54c5ccccc5-c5ccccc54)cc3)cc2)cc1. The zero-order valence-electron chi connectivity index (χ0n) is 33.5. The summed E-state index contributed by atoms with van der Waals surface area (Å²) in [6.45, 7) is 0.